The molecule has 102 valence electrons. The quantitative estimate of drug-likeness (QED) is 0.772. The molecule has 0 aromatic carbocycles. The second kappa shape index (κ2) is 5.03. The summed E-state index contributed by atoms with van der Waals surface area (Å²) in [6.07, 6.45) is 1.68. The number of carbonyl (C=O) groups is 1. The van der Waals surface area contributed by atoms with E-state index in [9.17, 15) is 4.79 Å². The minimum atomic E-state index is -0.617. The average Bonchev–Trinajstić information content (AvgIpc) is 2.87. The molecule has 2 saturated heterocycles. The van der Waals surface area contributed by atoms with Crippen molar-refractivity contribution in [3.8, 4) is 0 Å². The Bertz CT molecular complexity index is 474. The standard InChI is InChI=1S/C12H14ClN3O3/c13-10-3-2-9(14-15-10)11(17)16-5-1-4-12(8-16)18-6-7-19-12/h2-3H,1,4-8H2. The minimum absolute atomic E-state index is 0.164. The highest BCUT2D eigenvalue weighted by molar-refractivity contribution is 6.29. The van der Waals surface area contributed by atoms with Gasteiger partial charge in [0.2, 0.25) is 0 Å². The highest BCUT2D eigenvalue weighted by Gasteiger charge is 2.42. The number of aromatic nitrogens is 2. The fourth-order valence-corrected chi connectivity index (χ4v) is 2.59. The molecule has 0 atom stereocenters. The Kier molecular flexibility index (Phi) is 3.38. The van der Waals surface area contributed by atoms with Gasteiger partial charge in [-0.2, -0.15) is 0 Å². The summed E-state index contributed by atoms with van der Waals surface area (Å²) >= 11 is 5.66. The van der Waals surface area contributed by atoms with Gasteiger partial charge in [0.05, 0.1) is 19.8 Å². The summed E-state index contributed by atoms with van der Waals surface area (Å²) in [5.41, 5.74) is 0.291. The highest BCUT2D eigenvalue weighted by Crippen LogP contribution is 2.30. The second-order valence-electron chi connectivity index (χ2n) is 4.68. The van der Waals surface area contributed by atoms with Crippen LogP contribution in [0.15, 0.2) is 12.1 Å². The van der Waals surface area contributed by atoms with E-state index >= 15 is 0 Å². The number of likely N-dealkylation sites (tertiary alicyclic amines) is 1. The van der Waals surface area contributed by atoms with Gasteiger partial charge in [0.1, 0.15) is 0 Å². The third-order valence-electron chi connectivity index (χ3n) is 3.37. The Balaban J connectivity index is 1.74. The van der Waals surface area contributed by atoms with Gasteiger partial charge in [-0.25, -0.2) is 0 Å². The number of nitrogens with zero attached hydrogens (tertiary/aromatic N) is 3. The van der Waals surface area contributed by atoms with E-state index in [1.165, 1.54) is 0 Å². The molecule has 19 heavy (non-hydrogen) atoms. The summed E-state index contributed by atoms with van der Waals surface area (Å²) in [7, 11) is 0. The maximum absolute atomic E-state index is 12.3. The number of rotatable bonds is 1. The highest BCUT2D eigenvalue weighted by atomic mass is 35.5. The van der Waals surface area contributed by atoms with Crippen LogP contribution in [0.5, 0.6) is 0 Å². The zero-order valence-electron chi connectivity index (χ0n) is 10.3. The molecule has 2 aliphatic heterocycles. The number of carbonyl (C=O) groups excluding carboxylic acids is 1. The van der Waals surface area contributed by atoms with Crippen LogP contribution < -0.4 is 0 Å². The number of hydrogen-bond donors (Lipinski definition) is 0. The van der Waals surface area contributed by atoms with Crippen LogP contribution in [0, 0.1) is 0 Å². The Labute approximate surface area is 115 Å². The number of hydrogen-bond acceptors (Lipinski definition) is 5. The van der Waals surface area contributed by atoms with E-state index < -0.39 is 5.79 Å². The van der Waals surface area contributed by atoms with Crippen molar-refractivity contribution in [3.05, 3.63) is 23.0 Å². The fourth-order valence-electron chi connectivity index (χ4n) is 2.49. The fraction of sp³-hybridized carbons (Fsp3) is 0.583. The van der Waals surface area contributed by atoms with Crippen molar-refractivity contribution in [2.24, 2.45) is 0 Å². The first-order chi connectivity index (χ1) is 9.19. The molecule has 1 spiro atoms. The molecule has 1 aromatic rings. The molecule has 3 heterocycles. The Morgan fingerprint density at radius 3 is 2.79 bits per heavy atom. The molecule has 3 rings (SSSR count). The maximum Gasteiger partial charge on any atom is 0.274 e. The second-order valence-corrected chi connectivity index (χ2v) is 5.07. The molecule has 1 aromatic heterocycles. The summed E-state index contributed by atoms with van der Waals surface area (Å²) in [6.45, 7) is 2.29. The Hall–Kier alpha value is -1.24. The van der Waals surface area contributed by atoms with Gasteiger partial charge in [-0.15, -0.1) is 10.2 Å². The molecule has 2 aliphatic rings. The van der Waals surface area contributed by atoms with Crippen LogP contribution >= 0.6 is 11.6 Å². The van der Waals surface area contributed by atoms with E-state index in [-0.39, 0.29) is 11.1 Å². The van der Waals surface area contributed by atoms with E-state index in [1.807, 2.05) is 0 Å². The third-order valence-corrected chi connectivity index (χ3v) is 3.57. The zero-order valence-corrected chi connectivity index (χ0v) is 11.1. The number of amides is 1. The van der Waals surface area contributed by atoms with E-state index in [2.05, 4.69) is 10.2 Å². The lowest BCUT2D eigenvalue weighted by Gasteiger charge is -2.38. The maximum atomic E-state index is 12.3. The molecule has 0 unspecified atom stereocenters. The zero-order chi connectivity index (χ0) is 13.3. The average molecular weight is 284 g/mol. The summed E-state index contributed by atoms with van der Waals surface area (Å²) < 4.78 is 11.3. The van der Waals surface area contributed by atoms with Gasteiger partial charge in [0.25, 0.3) is 5.91 Å². The van der Waals surface area contributed by atoms with Gasteiger partial charge in [0.15, 0.2) is 16.6 Å². The normalized spacial score (nSPS) is 21.8. The van der Waals surface area contributed by atoms with Crippen LogP contribution in [0.3, 0.4) is 0 Å². The summed E-state index contributed by atoms with van der Waals surface area (Å²) in [5.74, 6) is -0.782. The van der Waals surface area contributed by atoms with Crippen LogP contribution in [0.1, 0.15) is 23.3 Å². The van der Waals surface area contributed by atoms with Crippen LogP contribution in [-0.4, -0.2) is 53.1 Å². The molecule has 7 heteroatoms. The first-order valence-electron chi connectivity index (χ1n) is 6.25. The summed E-state index contributed by atoms with van der Waals surface area (Å²) in [4.78, 5) is 14.0. The van der Waals surface area contributed by atoms with E-state index in [4.69, 9.17) is 21.1 Å². The third kappa shape index (κ3) is 2.56. The molecular weight excluding hydrogens is 270 g/mol. The van der Waals surface area contributed by atoms with Gasteiger partial charge >= 0.3 is 0 Å². The molecule has 6 nitrogen and oxygen atoms in total. The van der Waals surface area contributed by atoms with Crippen LogP contribution in [0.4, 0.5) is 0 Å². The van der Waals surface area contributed by atoms with Gasteiger partial charge in [0, 0.05) is 13.0 Å². The number of halogens is 1. The van der Waals surface area contributed by atoms with E-state index in [0.717, 1.165) is 12.8 Å². The molecule has 0 saturated carbocycles. The molecule has 1 amide bonds. The van der Waals surface area contributed by atoms with Crippen molar-refractivity contribution in [2.75, 3.05) is 26.3 Å². The van der Waals surface area contributed by atoms with Crippen molar-refractivity contribution in [1.82, 2.24) is 15.1 Å². The van der Waals surface area contributed by atoms with Crippen LogP contribution in [-0.2, 0) is 9.47 Å². The minimum Gasteiger partial charge on any atom is -0.346 e. The van der Waals surface area contributed by atoms with Gasteiger partial charge < -0.3 is 14.4 Å². The van der Waals surface area contributed by atoms with Crippen molar-refractivity contribution in [3.63, 3.8) is 0 Å². The SMILES string of the molecule is O=C(c1ccc(Cl)nn1)N1CCCC2(C1)OCCO2. The molecule has 2 fully saturated rings. The molecule has 0 bridgehead atoms. The predicted molar refractivity (Wildman–Crippen MR) is 66.8 cm³/mol. The van der Waals surface area contributed by atoms with Gasteiger partial charge in [-0.3, -0.25) is 4.79 Å². The monoisotopic (exact) mass is 283 g/mol. The predicted octanol–water partition coefficient (Wildman–Crippen LogP) is 1.11. The molecule has 0 radical (unpaired) electrons. The molecule has 0 aliphatic carbocycles. The largest absolute Gasteiger partial charge is 0.346 e. The first-order valence-corrected chi connectivity index (χ1v) is 6.63. The number of ether oxygens (including phenoxy) is 2. The summed E-state index contributed by atoms with van der Waals surface area (Å²) in [6, 6.07) is 3.14. The molecular formula is C12H14ClN3O3. The topological polar surface area (TPSA) is 64.6 Å². The van der Waals surface area contributed by atoms with Crippen LogP contribution in [0.2, 0.25) is 5.15 Å². The lowest BCUT2D eigenvalue weighted by molar-refractivity contribution is -0.183. The first kappa shape index (κ1) is 12.8. The van der Waals surface area contributed by atoms with Crippen molar-refractivity contribution < 1.29 is 14.3 Å². The Morgan fingerprint density at radius 2 is 2.11 bits per heavy atom. The van der Waals surface area contributed by atoms with Crippen molar-refractivity contribution >= 4 is 17.5 Å². The lowest BCUT2D eigenvalue weighted by Crippen LogP contribution is -2.51. The van der Waals surface area contributed by atoms with Crippen LogP contribution in [0.25, 0.3) is 0 Å². The van der Waals surface area contributed by atoms with Gasteiger partial charge in [-0.1, -0.05) is 11.6 Å². The van der Waals surface area contributed by atoms with Crippen molar-refractivity contribution in [2.45, 2.75) is 18.6 Å². The van der Waals surface area contributed by atoms with Gasteiger partial charge in [-0.05, 0) is 18.6 Å². The number of piperidine rings is 1. The smallest absolute Gasteiger partial charge is 0.274 e. The Morgan fingerprint density at radius 1 is 1.32 bits per heavy atom. The lowest BCUT2D eigenvalue weighted by atomic mass is 10.0. The molecule has 0 N–H and O–H groups in total. The van der Waals surface area contributed by atoms with Crippen molar-refractivity contribution in [1.29, 1.82) is 0 Å². The van der Waals surface area contributed by atoms with E-state index in [0.29, 0.717) is 32.0 Å². The summed E-state index contributed by atoms with van der Waals surface area (Å²) in [5, 5.41) is 7.78. The van der Waals surface area contributed by atoms with E-state index in [1.54, 1.807) is 17.0 Å².